The average Bonchev–Trinajstić information content (AvgIpc) is 2.88. The lowest BCUT2D eigenvalue weighted by molar-refractivity contribution is -0.213. The van der Waals surface area contributed by atoms with E-state index in [1.165, 1.54) is 38.5 Å². The van der Waals surface area contributed by atoms with Crippen LogP contribution in [0.2, 0.25) is 0 Å². The summed E-state index contributed by atoms with van der Waals surface area (Å²) >= 11 is 0. The van der Waals surface area contributed by atoms with E-state index < -0.39 is 5.60 Å². The molecule has 0 unspecified atom stereocenters. The number of methoxy groups -OCH3 is 1. The molecule has 25 heavy (non-hydrogen) atoms. The Kier molecular flexibility index (Phi) is 4.00. The first-order chi connectivity index (χ1) is 11.6. The maximum absolute atomic E-state index is 10.7. The molecule has 0 aliphatic heterocycles. The van der Waals surface area contributed by atoms with Gasteiger partial charge in [0.25, 0.3) is 0 Å². The van der Waals surface area contributed by atoms with Gasteiger partial charge in [-0.1, -0.05) is 27.7 Å². The zero-order valence-corrected chi connectivity index (χ0v) is 17.4. The van der Waals surface area contributed by atoms with Gasteiger partial charge in [-0.2, -0.15) is 0 Å². The molecule has 4 aliphatic carbocycles. The lowest BCUT2D eigenvalue weighted by atomic mass is 9.37. The minimum atomic E-state index is -0.435. The molecule has 0 aromatic rings. The highest BCUT2D eigenvalue weighted by Gasteiger charge is 2.67. The molecule has 4 fully saturated rings. The second-order valence-electron chi connectivity index (χ2n) is 11.4. The number of ether oxygens (including phenoxy) is 1. The molecule has 0 radical (unpaired) electrons. The Hall–Kier alpha value is -0.0800. The first-order valence-corrected chi connectivity index (χ1v) is 10.8. The van der Waals surface area contributed by atoms with Crippen LogP contribution in [0.5, 0.6) is 0 Å². The van der Waals surface area contributed by atoms with E-state index in [0.29, 0.717) is 28.3 Å². The molecule has 9 atom stereocenters. The molecule has 144 valence electrons. The van der Waals surface area contributed by atoms with Gasteiger partial charge in [-0.15, -0.1) is 0 Å². The van der Waals surface area contributed by atoms with Gasteiger partial charge in [0.15, 0.2) is 0 Å². The SMILES string of the molecule is CO[C@H]1CC[C@@H]2[C@]1(C)CC[C@@H]1[C@@]3(C)CC[C@@](C)(O)C[C@@H]3C[C@@H](C)[C@]12C. The quantitative estimate of drug-likeness (QED) is 0.684. The Morgan fingerprint density at radius 1 is 0.880 bits per heavy atom. The first-order valence-electron chi connectivity index (χ1n) is 10.8. The Morgan fingerprint density at radius 2 is 1.56 bits per heavy atom. The summed E-state index contributed by atoms with van der Waals surface area (Å²) < 4.78 is 5.97. The monoisotopic (exact) mass is 348 g/mol. The van der Waals surface area contributed by atoms with Gasteiger partial charge in [-0.05, 0) is 98.2 Å². The third-order valence-electron chi connectivity index (χ3n) is 10.3. The molecular formula is C23H40O2. The topological polar surface area (TPSA) is 29.5 Å². The minimum Gasteiger partial charge on any atom is -0.390 e. The highest BCUT2D eigenvalue weighted by Crippen LogP contribution is 2.73. The molecule has 4 aliphatic rings. The molecule has 0 heterocycles. The molecule has 0 aromatic carbocycles. The number of fused-ring (bicyclic) bond motifs is 5. The number of hydrogen-bond donors (Lipinski definition) is 1. The molecule has 1 N–H and O–H groups in total. The molecule has 2 nitrogen and oxygen atoms in total. The van der Waals surface area contributed by atoms with Crippen molar-refractivity contribution < 1.29 is 9.84 Å². The zero-order chi connectivity index (χ0) is 18.3. The predicted octanol–water partition coefficient (Wildman–Crippen LogP) is 5.43. The van der Waals surface area contributed by atoms with E-state index in [4.69, 9.17) is 4.74 Å². The first kappa shape index (κ1) is 18.3. The summed E-state index contributed by atoms with van der Waals surface area (Å²) in [6.07, 6.45) is 10.3. The summed E-state index contributed by atoms with van der Waals surface area (Å²) in [6, 6.07) is 0. The van der Waals surface area contributed by atoms with Crippen LogP contribution in [-0.2, 0) is 4.74 Å². The van der Waals surface area contributed by atoms with Crippen LogP contribution in [0, 0.1) is 39.9 Å². The van der Waals surface area contributed by atoms with Gasteiger partial charge in [0.1, 0.15) is 0 Å². The third-order valence-corrected chi connectivity index (χ3v) is 10.3. The van der Waals surface area contributed by atoms with Crippen molar-refractivity contribution in [3.05, 3.63) is 0 Å². The average molecular weight is 349 g/mol. The summed E-state index contributed by atoms with van der Waals surface area (Å²) in [5.41, 5.74) is 0.803. The van der Waals surface area contributed by atoms with Crippen LogP contribution in [0.3, 0.4) is 0 Å². The van der Waals surface area contributed by atoms with E-state index in [9.17, 15) is 5.11 Å². The van der Waals surface area contributed by atoms with Crippen molar-refractivity contribution in [2.24, 2.45) is 39.9 Å². The van der Waals surface area contributed by atoms with Crippen molar-refractivity contribution >= 4 is 0 Å². The molecule has 0 spiro atoms. The molecule has 4 saturated carbocycles. The Bertz CT molecular complexity index is 542. The van der Waals surface area contributed by atoms with Gasteiger partial charge in [0.05, 0.1) is 11.7 Å². The van der Waals surface area contributed by atoms with E-state index >= 15 is 0 Å². The second kappa shape index (κ2) is 5.47. The van der Waals surface area contributed by atoms with Gasteiger partial charge in [0.2, 0.25) is 0 Å². The summed E-state index contributed by atoms with van der Waals surface area (Å²) in [5, 5.41) is 10.7. The maximum Gasteiger partial charge on any atom is 0.0627 e. The molecule has 0 saturated heterocycles. The normalized spacial score (nSPS) is 61.3. The number of rotatable bonds is 1. The van der Waals surface area contributed by atoms with E-state index in [1.807, 2.05) is 7.11 Å². The Morgan fingerprint density at radius 3 is 2.24 bits per heavy atom. The fraction of sp³-hybridized carbons (Fsp3) is 1.00. The van der Waals surface area contributed by atoms with Crippen molar-refractivity contribution in [1.29, 1.82) is 0 Å². The highest BCUT2D eigenvalue weighted by atomic mass is 16.5. The van der Waals surface area contributed by atoms with Crippen LogP contribution in [0.25, 0.3) is 0 Å². The third kappa shape index (κ3) is 2.29. The van der Waals surface area contributed by atoms with Gasteiger partial charge >= 0.3 is 0 Å². The lowest BCUT2D eigenvalue weighted by Gasteiger charge is -2.68. The summed E-state index contributed by atoms with van der Waals surface area (Å²) in [7, 11) is 1.93. The van der Waals surface area contributed by atoms with Gasteiger partial charge in [-0.25, -0.2) is 0 Å². The van der Waals surface area contributed by atoms with E-state index in [0.717, 1.165) is 30.6 Å². The summed E-state index contributed by atoms with van der Waals surface area (Å²) in [5.74, 6) is 3.08. The van der Waals surface area contributed by atoms with Crippen LogP contribution in [-0.4, -0.2) is 23.9 Å². The molecule has 2 heteroatoms. The van der Waals surface area contributed by atoms with Crippen molar-refractivity contribution in [2.45, 2.75) is 97.7 Å². The summed E-state index contributed by atoms with van der Waals surface area (Å²) in [6.45, 7) is 12.4. The lowest BCUT2D eigenvalue weighted by Crippen LogP contribution is -2.63. The van der Waals surface area contributed by atoms with Crippen molar-refractivity contribution in [2.75, 3.05) is 7.11 Å². The van der Waals surface area contributed by atoms with Crippen molar-refractivity contribution in [3.63, 3.8) is 0 Å². The van der Waals surface area contributed by atoms with Crippen molar-refractivity contribution in [3.8, 4) is 0 Å². The molecule has 0 aromatic heterocycles. The Balaban J connectivity index is 1.72. The maximum atomic E-state index is 10.7. The van der Waals surface area contributed by atoms with E-state index in [-0.39, 0.29) is 0 Å². The molecule has 4 rings (SSSR count). The summed E-state index contributed by atoms with van der Waals surface area (Å²) in [4.78, 5) is 0. The van der Waals surface area contributed by atoms with Crippen LogP contribution >= 0.6 is 0 Å². The van der Waals surface area contributed by atoms with E-state index in [2.05, 4.69) is 34.6 Å². The number of hydrogen-bond acceptors (Lipinski definition) is 2. The minimum absolute atomic E-state index is 0.373. The second-order valence-corrected chi connectivity index (χ2v) is 11.4. The standard InChI is InChI=1S/C23H40O2/c1-15-13-16-14-20(2,24)11-12-21(16,3)18-9-10-22(4)17(23(15,18)5)7-8-19(22)25-6/h15-19,24H,7-14H2,1-6H3/t15-,16+,17-,18-,19+,20-,21+,22+,23+/m1/s1. The molecular weight excluding hydrogens is 308 g/mol. The van der Waals surface area contributed by atoms with Crippen LogP contribution < -0.4 is 0 Å². The smallest absolute Gasteiger partial charge is 0.0627 e. The predicted molar refractivity (Wildman–Crippen MR) is 102 cm³/mol. The highest BCUT2D eigenvalue weighted by molar-refractivity contribution is 5.16. The number of aliphatic hydroxyl groups is 1. The van der Waals surface area contributed by atoms with Gasteiger partial charge < -0.3 is 9.84 Å². The van der Waals surface area contributed by atoms with Crippen LogP contribution in [0.15, 0.2) is 0 Å². The largest absolute Gasteiger partial charge is 0.390 e. The Labute approximate surface area is 155 Å². The van der Waals surface area contributed by atoms with Gasteiger partial charge in [0, 0.05) is 7.11 Å². The van der Waals surface area contributed by atoms with Crippen LogP contribution in [0.4, 0.5) is 0 Å². The van der Waals surface area contributed by atoms with Gasteiger partial charge in [-0.3, -0.25) is 0 Å². The molecule has 0 bridgehead atoms. The van der Waals surface area contributed by atoms with Crippen LogP contribution in [0.1, 0.15) is 86.0 Å². The molecule has 0 amide bonds. The fourth-order valence-corrected chi connectivity index (χ4v) is 8.78. The van der Waals surface area contributed by atoms with E-state index in [1.54, 1.807) is 0 Å². The van der Waals surface area contributed by atoms with Crippen molar-refractivity contribution in [1.82, 2.24) is 0 Å². The fourth-order valence-electron chi connectivity index (χ4n) is 8.78. The zero-order valence-electron chi connectivity index (χ0n) is 17.4.